The van der Waals surface area contributed by atoms with Gasteiger partial charge in [0, 0.05) is 56.3 Å². The summed E-state index contributed by atoms with van der Waals surface area (Å²) in [5.41, 5.74) is 3.90. The summed E-state index contributed by atoms with van der Waals surface area (Å²) in [4.78, 5) is 31.2. The molecule has 38 heavy (non-hydrogen) atoms. The van der Waals surface area contributed by atoms with Crippen LogP contribution < -0.4 is 5.32 Å². The summed E-state index contributed by atoms with van der Waals surface area (Å²) in [7, 11) is 3.35. The molecule has 1 aliphatic rings. The number of fused-ring (bicyclic) bond motifs is 2. The fourth-order valence-electron chi connectivity index (χ4n) is 5.24. The largest absolute Gasteiger partial charge is 0.471 e. The van der Waals surface area contributed by atoms with Crippen molar-refractivity contribution in [3.63, 3.8) is 0 Å². The number of para-hydroxylation sites is 1. The third-order valence-electron chi connectivity index (χ3n) is 7.11. The average molecular weight is 528 g/mol. The summed E-state index contributed by atoms with van der Waals surface area (Å²) in [5, 5.41) is 3.09. The van der Waals surface area contributed by atoms with Crippen molar-refractivity contribution in [2.75, 3.05) is 20.2 Å². The van der Waals surface area contributed by atoms with Gasteiger partial charge in [0.25, 0.3) is 5.91 Å². The van der Waals surface area contributed by atoms with Crippen molar-refractivity contribution in [3.05, 3.63) is 54.1 Å². The van der Waals surface area contributed by atoms with E-state index in [1.54, 1.807) is 12.1 Å². The van der Waals surface area contributed by atoms with Crippen LogP contribution in [-0.2, 0) is 23.1 Å². The number of amides is 2. The predicted octanol–water partition coefficient (Wildman–Crippen LogP) is 4.12. The molecule has 2 atom stereocenters. The van der Waals surface area contributed by atoms with Crippen molar-refractivity contribution < 1.29 is 27.5 Å². The summed E-state index contributed by atoms with van der Waals surface area (Å²) in [5.74, 6) is -1.64. The van der Waals surface area contributed by atoms with Crippen molar-refractivity contribution in [1.82, 2.24) is 24.3 Å². The van der Waals surface area contributed by atoms with Crippen LogP contribution in [0, 0.1) is 0 Å². The Morgan fingerprint density at radius 2 is 1.87 bits per heavy atom. The lowest BCUT2D eigenvalue weighted by atomic mass is 10.0. The number of rotatable bonds is 5. The van der Waals surface area contributed by atoms with Gasteiger partial charge in [-0.25, -0.2) is 4.98 Å². The summed E-state index contributed by atoms with van der Waals surface area (Å²) in [6, 6.07) is 14.5. The number of imidazole rings is 1. The second kappa shape index (κ2) is 9.79. The molecule has 1 saturated heterocycles. The third kappa shape index (κ3) is 4.62. The van der Waals surface area contributed by atoms with E-state index in [1.165, 1.54) is 12.0 Å². The maximum absolute atomic E-state index is 13.4. The van der Waals surface area contributed by atoms with Gasteiger partial charge in [-0.3, -0.25) is 9.59 Å². The van der Waals surface area contributed by atoms with E-state index in [-0.39, 0.29) is 25.4 Å². The van der Waals surface area contributed by atoms with E-state index in [4.69, 9.17) is 9.72 Å². The Hall–Kier alpha value is -3.86. The molecule has 1 aliphatic heterocycles. The minimum absolute atomic E-state index is 0.0530. The van der Waals surface area contributed by atoms with E-state index in [1.807, 2.05) is 35.1 Å². The number of carbonyl (C=O) groups is 2. The first-order valence-corrected chi connectivity index (χ1v) is 12.4. The maximum atomic E-state index is 13.4. The van der Waals surface area contributed by atoms with Gasteiger partial charge in [-0.1, -0.05) is 18.2 Å². The van der Waals surface area contributed by atoms with Crippen molar-refractivity contribution >= 4 is 33.8 Å². The van der Waals surface area contributed by atoms with Gasteiger partial charge in [-0.15, -0.1) is 0 Å². The van der Waals surface area contributed by atoms with E-state index in [2.05, 4.69) is 29.7 Å². The van der Waals surface area contributed by atoms with E-state index < -0.39 is 24.2 Å². The van der Waals surface area contributed by atoms with Gasteiger partial charge in [0.2, 0.25) is 0 Å². The Morgan fingerprint density at radius 1 is 1.11 bits per heavy atom. The van der Waals surface area contributed by atoms with Crippen LogP contribution in [0.3, 0.4) is 0 Å². The maximum Gasteiger partial charge on any atom is 0.471 e. The molecule has 1 N–H and O–H groups in total. The van der Waals surface area contributed by atoms with Crippen molar-refractivity contribution in [1.29, 1.82) is 0 Å². The topological polar surface area (TPSA) is 81.4 Å². The van der Waals surface area contributed by atoms with Gasteiger partial charge in [0.15, 0.2) is 5.82 Å². The van der Waals surface area contributed by atoms with Crippen LogP contribution in [0.4, 0.5) is 13.2 Å². The first-order valence-electron chi connectivity index (χ1n) is 12.4. The lowest BCUT2D eigenvalue weighted by molar-refractivity contribution is -0.175. The van der Waals surface area contributed by atoms with Gasteiger partial charge < -0.3 is 24.1 Å². The normalized spacial score (nSPS) is 18.3. The zero-order valence-electron chi connectivity index (χ0n) is 21.2. The number of alkyl halides is 3. The van der Waals surface area contributed by atoms with Gasteiger partial charge in [0.1, 0.15) is 0 Å². The number of methoxy groups -OCH3 is 1. The number of nitrogens with zero attached hydrogens (tertiary/aromatic N) is 4. The average Bonchev–Trinajstić information content (AvgIpc) is 3.44. The highest BCUT2D eigenvalue weighted by atomic mass is 19.4. The van der Waals surface area contributed by atoms with E-state index >= 15 is 0 Å². The van der Waals surface area contributed by atoms with E-state index in [0.717, 1.165) is 34.5 Å². The van der Waals surface area contributed by atoms with Crippen LogP contribution in [-0.4, -0.2) is 69.4 Å². The number of aryl methyl sites for hydroxylation is 2. The van der Waals surface area contributed by atoms with Gasteiger partial charge in [0.05, 0.1) is 22.8 Å². The standard InChI is InChI=1S/C27H28F3N5O3/c1-4-35-21-8-6-5-7-16(21)12-23(35)24-32-20-11-17(9-10-22(20)33(24)2)25(36)34-14-18(13-19(15-34)38-3)31-26(37)27(28,29)30/h5-12,18-19H,4,13-15H2,1-3H3,(H,31,37). The van der Waals surface area contributed by atoms with Crippen molar-refractivity contribution in [2.45, 2.75) is 38.2 Å². The summed E-state index contributed by atoms with van der Waals surface area (Å²) in [6.45, 7) is 2.99. The third-order valence-corrected chi connectivity index (χ3v) is 7.11. The van der Waals surface area contributed by atoms with Gasteiger partial charge >= 0.3 is 12.1 Å². The second-order valence-electron chi connectivity index (χ2n) is 9.50. The van der Waals surface area contributed by atoms with Crippen LogP contribution in [0.15, 0.2) is 48.5 Å². The molecule has 5 rings (SSSR count). The fraction of sp³-hybridized carbons (Fsp3) is 0.370. The van der Waals surface area contributed by atoms with Gasteiger partial charge in [-0.2, -0.15) is 13.2 Å². The minimum Gasteiger partial charge on any atom is -0.380 e. The molecule has 11 heteroatoms. The number of halogens is 3. The molecule has 1 fully saturated rings. The first kappa shape index (κ1) is 25.8. The number of hydrogen-bond acceptors (Lipinski definition) is 4. The Balaban J connectivity index is 1.45. The molecule has 200 valence electrons. The zero-order valence-corrected chi connectivity index (χ0v) is 21.2. The lowest BCUT2D eigenvalue weighted by Gasteiger charge is -2.37. The van der Waals surface area contributed by atoms with Crippen LogP contribution in [0.1, 0.15) is 23.7 Å². The predicted molar refractivity (Wildman–Crippen MR) is 137 cm³/mol. The highest BCUT2D eigenvalue weighted by Crippen LogP contribution is 2.30. The fourth-order valence-corrected chi connectivity index (χ4v) is 5.24. The molecule has 0 bridgehead atoms. The number of nitrogens with one attached hydrogen (secondary N) is 1. The molecule has 2 aromatic heterocycles. The second-order valence-corrected chi connectivity index (χ2v) is 9.50. The monoisotopic (exact) mass is 527 g/mol. The summed E-state index contributed by atoms with van der Waals surface area (Å²) in [6.07, 6.45) is -5.33. The molecule has 0 saturated carbocycles. The highest BCUT2D eigenvalue weighted by molar-refractivity contribution is 5.98. The Kier molecular flexibility index (Phi) is 6.64. The number of aromatic nitrogens is 3. The molecule has 8 nitrogen and oxygen atoms in total. The number of likely N-dealkylation sites (tertiary alicyclic amines) is 1. The molecular weight excluding hydrogens is 499 g/mol. The van der Waals surface area contributed by atoms with Crippen LogP contribution >= 0.6 is 0 Å². The number of carbonyl (C=O) groups excluding carboxylic acids is 2. The number of ether oxygens (including phenoxy) is 1. The summed E-state index contributed by atoms with van der Waals surface area (Å²) < 4.78 is 47.9. The van der Waals surface area contributed by atoms with E-state index in [9.17, 15) is 22.8 Å². The Labute approximate surface area is 217 Å². The Morgan fingerprint density at radius 3 is 2.58 bits per heavy atom. The first-order chi connectivity index (χ1) is 18.1. The molecular formula is C27H28F3N5O3. The Bertz CT molecular complexity index is 1520. The van der Waals surface area contributed by atoms with Crippen LogP contribution in [0.2, 0.25) is 0 Å². The molecule has 2 aromatic carbocycles. The number of benzene rings is 2. The molecule has 0 spiro atoms. The van der Waals surface area contributed by atoms with Crippen molar-refractivity contribution in [2.24, 2.45) is 7.05 Å². The quantitative estimate of drug-likeness (QED) is 0.424. The van der Waals surface area contributed by atoms with E-state index in [0.29, 0.717) is 11.1 Å². The molecule has 0 radical (unpaired) electrons. The molecule has 2 unspecified atom stereocenters. The van der Waals surface area contributed by atoms with Crippen LogP contribution in [0.5, 0.6) is 0 Å². The summed E-state index contributed by atoms with van der Waals surface area (Å²) >= 11 is 0. The van der Waals surface area contributed by atoms with Crippen LogP contribution in [0.25, 0.3) is 33.5 Å². The highest BCUT2D eigenvalue weighted by Gasteiger charge is 2.41. The lowest BCUT2D eigenvalue weighted by Crippen LogP contribution is -2.56. The van der Waals surface area contributed by atoms with Gasteiger partial charge in [-0.05, 0) is 43.7 Å². The molecule has 0 aliphatic carbocycles. The molecule has 3 heterocycles. The minimum atomic E-state index is -5.00. The smallest absolute Gasteiger partial charge is 0.380 e. The van der Waals surface area contributed by atoms with Crippen molar-refractivity contribution in [3.8, 4) is 11.5 Å². The molecule has 4 aromatic rings. The molecule has 2 amide bonds. The number of hydrogen-bond donors (Lipinski definition) is 1. The SMILES string of the molecule is CCn1c(-c2nc3cc(C(=O)N4CC(NC(=O)C(F)(F)F)CC(OC)C4)ccc3n2C)cc2ccccc21. The number of piperidine rings is 1. The zero-order chi connectivity index (χ0) is 27.2.